The molecule has 1 amide bonds. The van der Waals surface area contributed by atoms with E-state index in [4.69, 9.17) is 5.84 Å². The molecule has 0 atom stereocenters. The number of carbonyl (C=O) groups is 1. The van der Waals surface area contributed by atoms with Crippen molar-refractivity contribution in [1.29, 1.82) is 0 Å². The van der Waals surface area contributed by atoms with Gasteiger partial charge in [-0.2, -0.15) is 5.10 Å². The Morgan fingerprint density at radius 1 is 1.13 bits per heavy atom. The number of aromatic nitrogens is 5. The molecule has 2 aromatic carbocycles. The number of benzene rings is 2. The highest BCUT2D eigenvalue weighted by Gasteiger charge is 2.17. The summed E-state index contributed by atoms with van der Waals surface area (Å²) in [6.07, 6.45) is 0. The van der Waals surface area contributed by atoms with Gasteiger partial charge in [0.25, 0.3) is 0 Å². The van der Waals surface area contributed by atoms with Crippen LogP contribution in [0, 0.1) is 11.6 Å². The Hall–Kier alpha value is -3.73. The van der Waals surface area contributed by atoms with Gasteiger partial charge in [0, 0.05) is 11.6 Å². The summed E-state index contributed by atoms with van der Waals surface area (Å²) in [6, 6.07) is 14.3. The van der Waals surface area contributed by atoms with Crippen molar-refractivity contribution in [2.45, 2.75) is 5.16 Å². The van der Waals surface area contributed by atoms with E-state index in [1.165, 1.54) is 4.68 Å². The summed E-state index contributed by atoms with van der Waals surface area (Å²) < 4.78 is 27.8. The van der Waals surface area contributed by atoms with Crippen molar-refractivity contribution in [2.75, 3.05) is 16.9 Å². The molecule has 2 aromatic heterocycles. The van der Waals surface area contributed by atoms with E-state index in [0.717, 1.165) is 35.2 Å². The van der Waals surface area contributed by atoms with Crippen LogP contribution in [0.4, 0.5) is 14.5 Å². The maximum Gasteiger partial charge on any atom is 0.234 e. The van der Waals surface area contributed by atoms with Gasteiger partial charge in [-0.3, -0.25) is 9.89 Å². The van der Waals surface area contributed by atoms with Gasteiger partial charge in [0.15, 0.2) is 0 Å². The van der Waals surface area contributed by atoms with Crippen molar-refractivity contribution in [3.8, 4) is 22.8 Å². The SMILES string of the molecule is Nn1c(SCC(=O)Nc2ccc(F)cc2F)nnc1-c1cc(-c2ccccc2)n[nH]1. The molecule has 0 radical (unpaired) electrons. The number of thioether (sulfide) groups is 1. The zero-order valence-corrected chi connectivity index (χ0v) is 16.2. The van der Waals surface area contributed by atoms with Gasteiger partial charge in [-0.1, -0.05) is 42.1 Å². The highest BCUT2D eigenvalue weighted by atomic mass is 32.2. The van der Waals surface area contributed by atoms with Crippen molar-refractivity contribution in [2.24, 2.45) is 0 Å². The van der Waals surface area contributed by atoms with Crippen LogP contribution in [0.2, 0.25) is 0 Å². The van der Waals surface area contributed by atoms with Gasteiger partial charge >= 0.3 is 0 Å². The Labute approximate surface area is 173 Å². The molecule has 0 saturated carbocycles. The van der Waals surface area contributed by atoms with Crippen LogP contribution < -0.4 is 11.2 Å². The standard InChI is InChI=1S/C19H15F2N7OS/c20-12-6-7-14(13(21)8-12)23-17(29)10-30-19-27-26-18(28(19)22)16-9-15(24-25-16)11-4-2-1-3-5-11/h1-9H,10,22H2,(H,23,29)(H,24,25). The minimum absolute atomic E-state index is 0.0929. The lowest BCUT2D eigenvalue weighted by Gasteiger charge is -2.06. The topological polar surface area (TPSA) is 115 Å². The summed E-state index contributed by atoms with van der Waals surface area (Å²) in [5, 5.41) is 17.8. The quantitative estimate of drug-likeness (QED) is 0.322. The number of nitrogens with two attached hydrogens (primary N) is 1. The number of nitrogens with zero attached hydrogens (tertiary/aromatic N) is 4. The lowest BCUT2D eigenvalue weighted by atomic mass is 10.1. The zero-order chi connectivity index (χ0) is 21.1. The summed E-state index contributed by atoms with van der Waals surface area (Å²) >= 11 is 1.02. The van der Waals surface area contributed by atoms with Crippen molar-refractivity contribution < 1.29 is 13.6 Å². The lowest BCUT2D eigenvalue weighted by Crippen LogP contribution is -2.17. The molecule has 4 N–H and O–H groups in total. The van der Waals surface area contributed by atoms with E-state index in [1.54, 1.807) is 6.07 Å². The predicted molar refractivity (Wildman–Crippen MR) is 109 cm³/mol. The molecule has 0 fully saturated rings. The predicted octanol–water partition coefficient (Wildman–Crippen LogP) is 3.06. The third kappa shape index (κ3) is 4.15. The number of aromatic amines is 1. The Bertz CT molecular complexity index is 1190. The lowest BCUT2D eigenvalue weighted by molar-refractivity contribution is -0.113. The molecular weight excluding hydrogens is 412 g/mol. The Morgan fingerprint density at radius 3 is 2.70 bits per heavy atom. The molecule has 8 nitrogen and oxygen atoms in total. The van der Waals surface area contributed by atoms with Crippen LogP contribution >= 0.6 is 11.8 Å². The number of carbonyl (C=O) groups excluding carboxylic acids is 1. The minimum Gasteiger partial charge on any atom is -0.335 e. The molecular formula is C19H15F2N7OS. The van der Waals surface area contributed by atoms with E-state index in [1.807, 2.05) is 30.3 Å². The Balaban J connectivity index is 1.42. The first-order valence-corrected chi connectivity index (χ1v) is 9.69. The van der Waals surface area contributed by atoms with Crippen molar-refractivity contribution in [1.82, 2.24) is 25.1 Å². The molecule has 0 unspecified atom stereocenters. The molecule has 0 aliphatic carbocycles. The van der Waals surface area contributed by atoms with Crippen LogP contribution in [-0.4, -0.2) is 36.7 Å². The Morgan fingerprint density at radius 2 is 1.93 bits per heavy atom. The number of halogens is 2. The summed E-state index contributed by atoms with van der Waals surface area (Å²) in [4.78, 5) is 12.1. The number of amides is 1. The van der Waals surface area contributed by atoms with E-state index in [0.29, 0.717) is 17.6 Å². The number of nitrogen functional groups attached to an aromatic ring is 1. The van der Waals surface area contributed by atoms with Gasteiger partial charge < -0.3 is 11.2 Å². The molecule has 0 saturated heterocycles. The number of anilines is 1. The molecule has 0 aliphatic heterocycles. The fraction of sp³-hybridized carbons (Fsp3) is 0.0526. The van der Waals surface area contributed by atoms with Crippen LogP contribution in [0.5, 0.6) is 0 Å². The van der Waals surface area contributed by atoms with Crippen LogP contribution in [0.3, 0.4) is 0 Å². The number of nitrogens with one attached hydrogen (secondary N) is 2. The average molecular weight is 427 g/mol. The number of rotatable bonds is 6. The maximum atomic E-state index is 13.6. The van der Waals surface area contributed by atoms with Crippen LogP contribution in [-0.2, 0) is 4.79 Å². The van der Waals surface area contributed by atoms with Gasteiger partial charge in [-0.25, -0.2) is 13.5 Å². The van der Waals surface area contributed by atoms with Crippen molar-refractivity contribution >= 4 is 23.4 Å². The second kappa shape index (κ2) is 8.33. The van der Waals surface area contributed by atoms with E-state index in [2.05, 4.69) is 25.7 Å². The van der Waals surface area contributed by atoms with Gasteiger partial charge in [0.1, 0.15) is 17.3 Å². The van der Waals surface area contributed by atoms with Crippen molar-refractivity contribution in [3.05, 3.63) is 66.2 Å². The highest BCUT2D eigenvalue weighted by molar-refractivity contribution is 7.99. The minimum atomic E-state index is -0.855. The molecule has 0 aliphatic rings. The normalized spacial score (nSPS) is 10.9. The molecule has 0 spiro atoms. The van der Waals surface area contributed by atoms with Gasteiger partial charge in [0.05, 0.1) is 17.1 Å². The molecule has 0 bridgehead atoms. The van der Waals surface area contributed by atoms with Gasteiger partial charge in [0.2, 0.25) is 16.9 Å². The molecule has 30 heavy (non-hydrogen) atoms. The highest BCUT2D eigenvalue weighted by Crippen LogP contribution is 2.24. The molecule has 11 heteroatoms. The fourth-order valence-electron chi connectivity index (χ4n) is 2.66. The molecule has 2 heterocycles. The first-order valence-electron chi connectivity index (χ1n) is 8.70. The van der Waals surface area contributed by atoms with Gasteiger partial charge in [-0.15, -0.1) is 10.2 Å². The number of H-pyrrole nitrogens is 1. The molecule has 4 aromatic rings. The van der Waals surface area contributed by atoms with E-state index < -0.39 is 17.5 Å². The third-order valence-corrected chi connectivity index (χ3v) is 5.03. The van der Waals surface area contributed by atoms with Crippen LogP contribution in [0.1, 0.15) is 0 Å². The average Bonchev–Trinajstić information content (AvgIpc) is 3.36. The zero-order valence-electron chi connectivity index (χ0n) is 15.3. The largest absolute Gasteiger partial charge is 0.335 e. The molecule has 4 rings (SSSR count). The van der Waals surface area contributed by atoms with E-state index >= 15 is 0 Å². The molecule has 152 valence electrons. The number of hydrogen-bond donors (Lipinski definition) is 3. The fourth-order valence-corrected chi connectivity index (χ4v) is 3.32. The number of hydrogen-bond acceptors (Lipinski definition) is 6. The van der Waals surface area contributed by atoms with Gasteiger partial charge in [-0.05, 0) is 18.2 Å². The van der Waals surface area contributed by atoms with E-state index in [-0.39, 0.29) is 16.6 Å². The second-order valence-corrected chi connectivity index (χ2v) is 7.11. The smallest absolute Gasteiger partial charge is 0.234 e. The third-order valence-electron chi connectivity index (χ3n) is 4.09. The summed E-state index contributed by atoms with van der Waals surface area (Å²) in [6.45, 7) is 0. The van der Waals surface area contributed by atoms with E-state index in [9.17, 15) is 13.6 Å². The Kier molecular flexibility index (Phi) is 5.44. The summed E-state index contributed by atoms with van der Waals surface area (Å²) in [7, 11) is 0. The summed E-state index contributed by atoms with van der Waals surface area (Å²) in [5.74, 6) is 4.23. The van der Waals surface area contributed by atoms with Crippen LogP contribution in [0.15, 0.2) is 59.8 Å². The van der Waals surface area contributed by atoms with Crippen LogP contribution in [0.25, 0.3) is 22.8 Å². The first kappa shape index (κ1) is 19.6. The second-order valence-electron chi connectivity index (χ2n) is 6.17. The van der Waals surface area contributed by atoms with Crippen molar-refractivity contribution in [3.63, 3.8) is 0 Å². The summed E-state index contributed by atoms with van der Waals surface area (Å²) in [5.41, 5.74) is 2.11. The first-order chi connectivity index (χ1) is 14.5. The maximum absolute atomic E-state index is 13.6. The monoisotopic (exact) mass is 427 g/mol.